The number of hydrogen-bond acceptors (Lipinski definition) is 14. The fraction of sp³-hybridized carbons (Fsp3) is 0.600. The third-order valence-corrected chi connectivity index (χ3v) is 13.7. The Balaban J connectivity index is 0.000000207. The van der Waals surface area contributed by atoms with Gasteiger partial charge in [-0.25, -0.2) is 19.2 Å². The van der Waals surface area contributed by atoms with Crippen LogP contribution in [-0.2, 0) is 49.2 Å². The molecule has 6 aliphatic rings. The normalized spacial score (nSPS) is 19.4. The molecule has 2 spiro atoms. The SMILES string of the molecule is CC(C)(C)OC(=O)N1CCN(c2ccc3c(c2)C2(CC2)N(C(CCC(=O)O)C(=O)O)C3=O)CC1.COC(=O)CCC(C(=O)OC)N1C(=O)c2ccc(N3CCN(C(=O)OC(C)(C)C)CC3)cc2C12CC2. The fourth-order valence-corrected chi connectivity index (χ4v) is 10.1. The van der Waals surface area contributed by atoms with E-state index in [4.69, 9.17) is 24.1 Å². The van der Waals surface area contributed by atoms with Gasteiger partial charge in [-0.2, -0.15) is 0 Å². The van der Waals surface area contributed by atoms with E-state index < -0.39 is 58.2 Å². The van der Waals surface area contributed by atoms with E-state index in [1.165, 1.54) is 19.1 Å². The first-order valence-electron chi connectivity index (χ1n) is 23.9. The van der Waals surface area contributed by atoms with Crippen molar-refractivity contribution in [2.75, 3.05) is 76.4 Å². The molecule has 4 amide bonds. The van der Waals surface area contributed by atoms with Crippen LogP contribution in [0.3, 0.4) is 0 Å². The Kier molecular flexibility index (Phi) is 14.4. The second kappa shape index (κ2) is 19.7. The first-order valence-corrected chi connectivity index (χ1v) is 23.9. The van der Waals surface area contributed by atoms with Crippen molar-refractivity contribution in [3.63, 3.8) is 0 Å². The zero-order valence-electron chi connectivity index (χ0n) is 41.4. The molecule has 4 aliphatic heterocycles. The molecule has 4 heterocycles. The lowest BCUT2D eigenvalue weighted by atomic mass is 10.00. The largest absolute Gasteiger partial charge is 0.481 e. The minimum atomic E-state index is -1.19. The lowest BCUT2D eigenvalue weighted by molar-refractivity contribution is -0.149. The summed E-state index contributed by atoms with van der Waals surface area (Å²) in [5.74, 6) is -3.83. The molecule has 2 atom stereocenters. The summed E-state index contributed by atoms with van der Waals surface area (Å²) < 4.78 is 20.7. The monoisotopic (exact) mass is 974 g/mol. The smallest absolute Gasteiger partial charge is 0.410 e. The molecule has 20 nitrogen and oxygen atoms in total. The molecule has 2 saturated heterocycles. The van der Waals surface area contributed by atoms with Crippen LogP contribution in [0.15, 0.2) is 36.4 Å². The number of fused-ring (bicyclic) bond motifs is 4. The maximum absolute atomic E-state index is 13.5. The molecule has 0 bridgehead atoms. The molecule has 4 fully saturated rings. The first kappa shape index (κ1) is 51.3. The molecule has 2 aromatic rings. The average Bonchev–Trinajstić information content (AvgIpc) is 4.25. The predicted octanol–water partition coefficient (Wildman–Crippen LogP) is 5.19. The van der Waals surface area contributed by atoms with Crippen molar-refractivity contribution >= 4 is 59.3 Å². The number of benzene rings is 2. The molecule has 380 valence electrons. The molecule has 8 rings (SSSR count). The van der Waals surface area contributed by atoms with Crippen molar-refractivity contribution in [2.45, 2.75) is 127 Å². The highest BCUT2D eigenvalue weighted by atomic mass is 16.6. The summed E-state index contributed by atoms with van der Waals surface area (Å²) >= 11 is 0. The Hall–Kier alpha value is -6.60. The number of hydrogen-bond donors (Lipinski definition) is 2. The maximum Gasteiger partial charge on any atom is 0.410 e. The molecule has 2 aliphatic carbocycles. The molecule has 70 heavy (non-hydrogen) atoms. The molecule has 2 unspecified atom stereocenters. The van der Waals surface area contributed by atoms with Gasteiger partial charge in [-0.15, -0.1) is 0 Å². The van der Waals surface area contributed by atoms with E-state index in [0.717, 1.165) is 35.3 Å². The van der Waals surface area contributed by atoms with Gasteiger partial charge in [-0.05, 0) is 128 Å². The highest BCUT2D eigenvalue weighted by Crippen LogP contribution is 2.59. The topological polar surface area (TPSA) is 233 Å². The summed E-state index contributed by atoms with van der Waals surface area (Å²) in [6.07, 6.45) is 1.85. The summed E-state index contributed by atoms with van der Waals surface area (Å²) in [7, 11) is 2.58. The van der Waals surface area contributed by atoms with E-state index in [9.17, 15) is 43.5 Å². The maximum atomic E-state index is 13.5. The van der Waals surface area contributed by atoms with Gasteiger partial charge in [-0.3, -0.25) is 19.2 Å². The van der Waals surface area contributed by atoms with Gasteiger partial charge < -0.3 is 58.6 Å². The Labute approximate surface area is 407 Å². The summed E-state index contributed by atoms with van der Waals surface area (Å²) in [6, 6.07) is 9.28. The Morgan fingerprint density at radius 3 is 1.33 bits per heavy atom. The Morgan fingerprint density at radius 2 is 0.986 bits per heavy atom. The Morgan fingerprint density at radius 1 is 0.586 bits per heavy atom. The number of methoxy groups -OCH3 is 2. The predicted molar refractivity (Wildman–Crippen MR) is 252 cm³/mol. The van der Waals surface area contributed by atoms with Crippen LogP contribution in [-0.4, -0.2) is 168 Å². The summed E-state index contributed by atoms with van der Waals surface area (Å²) in [5, 5.41) is 18.8. The number of rotatable bonds is 12. The van der Waals surface area contributed by atoms with E-state index in [0.29, 0.717) is 76.3 Å². The lowest BCUT2D eigenvalue weighted by Crippen LogP contribution is -2.50. The molecular weight excluding hydrogens is 909 g/mol. The van der Waals surface area contributed by atoms with Gasteiger partial charge >= 0.3 is 36.1 Å². The zero-order chi connectivity index (χ0) is 51.1. The number of carbonyl (C=O) groups excluding carboxylic acids is 6. The number of ether oxygens (including phenoxy) is 4. The van der Waals surface area contributed by atoms with Crippen LogP contribution in [0.2, 0.25) is 0 Å². The summed E-state index contributed by atoms with van der Waals surface area (Å²) in [5.41, 5.74) is 2.35. The molecular formula is C50H66N6O14. The van der Waals surface area contributed by atoms with E-state index >= 15 is 0 Å². The van der Waals surface area contributed by atoms with Crippen LogP contribution >= 0.6 is 0 Å². The van der Waals surface area contributed by atoms with Crippen molar-refractivity contribution in [1.29, 1.82) is 0 Å². The number of piperazine rings is 2. The number of esters is 2. The minimum absolute atomic E-state index is 0.0135. The first-order chi connectivity index (χ1) is 32.9. The number of aliphatic carboxylic acids is 2. The Bertz CT molecular complexity index is 2400. The standard InChI is InChI=1S/C26H35N3O7.C24H31N3O7/c1-25(2,3)36-24(33)28-14-12-27(13-15-28)17-6-7-18-19(16-17)26(10-11-26)29(22(18)31)20(23(32)35-5)8-9-21(30)34-4;1-23(2,3)34-22(33)26-12-10-25(11-13-26)15-4-5-16-17(14-15)24(8-9-24)27(20(16)30)18(21(31)32)6-7-19(28)29/h6-7,16,20H,8-15H2,1-5H3;4-5,14,18H,6-13H2,1-3H3,(H,28,29)(H,31,32). The number of nitrogens with zero attached hydrogens (tertiary/aromatic N) is 6. The van der Waals surface area contributed by atoms with E-state index in [1.54, 1.807) is 20.8 Å². The van der Waals surface area contributed by atoms with Gasteiger partial charge in [0.15, 0.2) is 0 Å². The number of carboxylic acids is 2. The van der Waals surface area contributed by atoms with Crippen LogP contribution in [0, 0.1) is 0 Å². The molecule has 2 saturated carbocycles. The lowest BCUT2D eigenvalue weighted by Gasteiger charge is -2.37. The van der Waals surface area contributed by atoms with Gasteiger partial charge in [0.2, 0.25) is 0 Å². The summed E-state index contributed by atoms with van der Waals surface area (Å²) in [4.78, 5) is 110. The number of anilines is 2. The van der Waals surface area contributed by atoms with Gasteiger partial charge in [0, 0.05) is 87.7 Å². The highest BCUT2D eigenvalue weighted by molar-refractivity contribution is 6.04. The number of amides is 4. The van der Waals surface area contributed by atoms with E-state index in [1.807, 2.05) is 71.9 Å². The number of carboxylic acid groups (broad SMARTS) is 2. The highest BCUT2D eigenvalue weighted by Gasteiger charge is 2.62. The number of carbonyl (C=O) groups is 8. The van der Waals surface area contributed by atoms with Gasteiger partial charge in [0.1, 0.15) is 23.3 Å². The van der Waals surface area contributed by atoms with E-state index in [2.05, 4.69) is 9.80 Å². The fourth-order valence-electron chi connectivity index (χ4n) is 10.1. The minimum Gasteiger partial charge on any atom is -0.481 e. The average molecular weight is 975 g/mol. The molecule has 0 aromatic heterocycles. The molecule has 2 N–H and O–H groups in total. The van der Waals surface area contributed by atoms with Crippen molar-refractivity contribution in [3.05, 3.63) is 58.7 Å². The van der Waals surface area contributed by atoms with Gasteiger partial charge in [-0.1, -0.05) is 0 Å². The van der Waals surface area contributed by atoms with Crippen molar-refractivity contribution in [1.82, 2.24) is 19.6 Å². The quantitative estimate of drug-likeness (QED) is 0.206. The third-order valence-electron chi connectivity index (χ3n) is 13.7. The van der Waals surface area contributed by atoms with Crippen molar-refractivity contribution in [3.8, 4) is 0 Å². The van der Waals surface area contributed by atoms with Crippen LogP contribution in [0.1, 0.15) is 125 Å². The zero-order valence-corrected chi connectivity index (χ0v) is 41.4. The molecule has 0 radical (unpaired) electrons. The second-order valence-electron chi connectivity index (χ2n) is 20.7. The third kappa shape index (κ3) is 10.6. The molecule has 2 aromatic carbocycles. The van der Waals surface area contributed by atoms with Gasteiger partial charge in [0.05, 0.1) is 25.3 Å². The van der Waals surface area contributed by atoms with E-state index in [-0.39, 0.29) is 49.7 Å². The molecule has 20 heteroatoms. The van der Waals surface area contributed by atoms with Crippen molar-refractivity contribution < 1.29 is 67.5 Å². The van der Waals surface area contributed by atoms with Crippen LogP contribution in [0.5, 0.6) is 0 Å². The van der Waals surface area contributed by atoms with Crippen LogP contribution in [0.25, 0.3) is 0 Å². The second-order valence-corrected chi connectivity index (χ2v) is 20.7. The van der Waals surface area contributed by atoms with Crippen LogP contribution in [0.4, 0.5) is 21.0 Å². The van der Waals surface area contributed by atoms with Crippen LogP contribution < -0.4 is 9.80 Å². The van der Waals surface area contributed by atoms with Gasteiger partial charge in [0.25, 0.3) is 11.8 Å². The van der Waals surface area contributed by atoms with Crippen molar-refractivity contribution in [2.24, 2.45) is 0 Å². The summed E-state index contributed by atoms with van der Waals surface area (Å²) in [6.45, 7) is 15.7.